The third kappa shape index (κ3) is 4.24. The molecule has 0 aromatic heterocycles. The summed E-state index contributed by atoms with van der Waals surface area (Å²) in [6.45, 7) is 5.84. The largest absolute Gasteiger partial charge is 0.103 e. The second kappa shape index (κ2) is 7.49. The van der Waals surface area contributed by atoms with E-state index in [0.717, 1.165) is 19.3 Å². The average molecular weight is 262 g/mol. The van der Waals surface area contributed by atoms with Gasteiger partial charge in [-0.05, 0) is 42.9 Å². The Labute approximate surface area is 122 Å². The zero-order chi connectivity index (χ0) is 14.2. The minimum Gasteiger partial charge on any atom is -0.103 e. The highest BCUT2D eigenvalue weighted by Gasteiger charge is 1.97. The molecule has 0 bridgehead atoms. The predicted molar refractivity (Wildman–Crippen MR) is 88.9 cm³/mol. The van der Waals surface area contributed by atoms with E-state index in [0.29, 0.717) is 0 Å². The van der Waals surface area contributed by atoms with E-state index in [-0.39, 0.29) is 0 Å². The molecule has 0 atom stereocenters. The van der Waals surface area contributed by atoms with Crippen molar-refractivity contribution < 1.29 is 0 Å². The Morgan fingerprint density at radius 2 is 1.40 bits per heavy atom. The van der Waals surface area contributed by atoms with Gasteiger partial charge in [0.2, 0.25) is 0 Å². The smallest absolute Gasteiger partial charge is 0.00974 e. The first-order valence-electron chi connectivity index (χ1n) is 7.21. The lowest BCUT2D eigenvalue weighted by molar-refractivity contribution is 1.04. The maximum absolute atomic E-state index is 3.73. The molecule has 0 heteroatoms. The average Bonchev–Trinajstić information content (AvgIpc) is 2.49. The van der Waals surface area contributed by atoms with E-state index >= 15 is 0 Å². The summed E-state index contributed by atoms with van der Waals surface area (Å²) in [4.78, 5) is 0. The second-order valence-electron chi connectivity index (χ2n) is 5.10. The van der Waals surface area contributed by atoms with Crippen molar-refractivity contribution in [3.8, 4) is 11.1 Å². The van der Waals surface area contributed by atoms with Crippen LogP contribution < -0.4 is 0 Å². The van der Waals surface area contributed by atoms with Crippen molar-refractivity contribution in [2.24, 2.45) is 0 Å². The zero-order valence-corrected chi connectivity index (χ0v) is 12.2. The minimum atomic E-state index is 1.01. The van der Waals surface area contributed by atoms with Gasteiger partial charge in [-0.2, -0.15) is 0 Å². The summed E-state index contributed by atoms with van der Waals surface area (Å²) in [6, 6.07) is 17.5. The maximum atomic E-state index is 3.73. The zero-order valence-electron chi connectivity index (χ0n) is 12.2. The van der Waals surface area contributed by atoms with E-state index in [1.54, 1.807) is 0 Å². The molecular weight excluding hydrogens is 240 g/mol. The van der Waals surface area contributed by atoms with Crippen molar-refractivity contribution in [3.63, 3.8) is 0 Å². The fraction of sp³-hybridized carbons (Fsp3) is 0.200. The van der Waals surface area contributed by atoms with Gasteiger partial charge in [-0.3, -0.25) is 0 Å². The van der Waals surface area contributed by atoms with E-state index in [1.165, 1.54) is 22.3 Å². The van der Waals surface area contributed by atoms with Crippen LogP contribution in [0.2, 0.25) is 0 Å². The quantitative estimate of drug-likeness (QED) is 0.461. The second-order valence-corrected chi connectivity index (χ2v) is 5.10. The van der Waals surface area contributed by atoms with Gasteiger partial charge in [-0.15, -0.1) is 6.58 Å². The molecule has 0 unspecified atom stereocenters. The van der Waals surface area contributed by atoms with Crippen molar-refractivity contribution in [1.82, 2.24) is 0 Å². The molecule has 0 spiro atoms. The van der Waals surface area contributed by atoms with Crippen LogP contribution in [0.3, 0.4) is 0 Å². The summed E-state index contributed by atoms with van der Waals surface area (Å²) < 4.78 is 0. The normalized spacial score (nSPS) is 10.8. The van der Waals surface area contributed by atoms with Crippen LogP contribution in [0.25, 0.3) is 11.1 Å². The highest BCUT2D eigenvalue weighted by molar-refractivity contribution is 5.63. The maximum Gasteiger partial charge on any atom is -0.00974 e. The molecule has 0 saturated heterocycles. The van der Waals surface area contributed by atoms with Gasteiger partial charge in [0.1, 0.15) is 0 Å². The first kappa shape index (κ1) is 14.3. The molecule has 0 radical (unpaired) electrons. The van der Waals surface area contributed by atoms with Gasteiger partial charge in [0.15, 0.2) is 0 Å². The lowest BCUT2D eigenvalue weighted by atomic mass is 10.0. The van der Waals surface area contributed by atoms with Crippen molar-refractivity contribution in [1.29, 1.82) is 0 Å². The number of allylic oxidation sites excluding steroid dienone is 3. The Morgan fingerprint density at radius 3 is 2.00 bits per heavy atom. The minimum absolute atomic E-state index is 1.01. The van der Waals surface area contributed by atoms with Crippen LogP contribution in [0.15, 0.2) is 73.3 Å². The number of hydrogen-bond donors (Lipinski definition) is 0. The number of unbranched alkanes of at least 4 members (excludes halogenated alkanes) is 1. The van der Waals surface area contributed by atoms with Gasteiger partial charge in [0.05, 0.1) is 0 Å². The number of benzene rings is 2. The van der Waals surface area contributed by atoms with Gasteiger partial charge in [0, 0.05) is 0 Å². The molecule has 0 nitrogen and oxygen atoms in total. The summed E-state index contributed by atoms with van der Waals surface area (Å²) >= 11 is 0. The molecular formula is C20H22. The Morgan fingerprint density at radius 1 is 0.800 bits per heavy atom. The van der Waals surface area contributed by atoms with Crippen LogP contribution >= 0.6 is 0 Å². The molecule has 0 fully saturated rings. The number of aryl methyl sites for hydroxylation is 1. The first-order valence-corrected chi connectivity index (χ1v) is 7.21. The molecule has 2 aromatic carbocycles. The lowest BCUT2D eigenvalue weighted by Crippen LogP contribution is -1.83. The van der Waals surface area contributed by atoms with Gasteiger partial charge in [0.25, 0.3) is 0 Å². The molecule has 0 aliphatic carbocycles. The van der Waals surface area contributed by atoms with Crippen LogP contribution in [0.4, 0.5) is 0 Å². The Bertz CT molecular complexity index is 556. The van der Waals surface area contributed by atoms with E-state index in [1.807, 2.05) is 6.08 Å². The Kier molecular flexibility index (Phi) is 5.37. The molecule has 2 aromatic rings. The molecule has 2 rings (SSSR count). The van der Waals surface area contributed by atoms with Gasteiger partial charge in [-0.1, -0.05) is 72.3 Å². The summed E-state index contributed by atoms with van der Waals surface area (Å²) in [5.74, 6) is 0. The molecule has 102 valence electrons. The van der Waals surface area contributed by atoms with Crippen molar-refractivity contribution in [2.45, 2.75) is 26.2 Å². The summed E-state index contributed by atoms with van der Waals surface area (Å²) in [5.41, 5.74) is 5.22. The SMILES string of the molecule is C=CCC/C=C\Cc1ccc(-c2ccc(C)cc2)cc1. The van der Waals surface area contributed by atoms with Gasteiger partial charge >= 0.3 is 0 Å². The number of hydrogen-bond acceptors (Lipinski definition) is 0. The molecule has 0 aliphatic heterocycles. The molecule has 20 heavy (non-hydrogen) atoms. The van der Waals surface area contributed by atoms with Crippen LogP contribution in [-0.2, 0) is 6.42 Å². The van der Waals surface area contributed by atoms with Crippen molar-refractivity contribution in [2.75, 3.05) is 0 Å². The van der Waals surface area contributed by atoms with Crippen molar-refractivity contribution in [3.05, 3.63) is 84.5 Å². The molecule has 0 saturated carbocycles. The fourth-order valence-corrected chi connectivity index (χ4v) is 2.13. The third-order valence-electron chi connectivity index (χ3n) is 3.40. The van der Waals surface area contributed by atoms with E-state index in [9.17, 15) is 0 Å². The lowest BCUT2D eigenvalue weighted by Gasteiger charge is -2.04. The first-order chi connectivity index (χ1) is 9.79. The van der Waals surface area contributed by atoms with Crippen LogP contribution in [0, 0.1) is 6.92 Å². The van der Waals surface area contributed by atoms with Crippen LogP contribution in [0.5, 0.6) is 0 Å². The Hall–Kier alpha value is -2.08. The van der Waals surface area contributed by atoms with E-state index in [4.69, 9.17) is 0 Å². The van der Waals surface area contributed by atoms with Gasteiger partial charge < -0.3 is 0 Å². The molecule has 0 amide bonds. The number of rotatable bonds is 6. The molecule has 0 aliphatic rings. The summed E-state index contributed by atoms with van der Waals surface area (Å²) in [7, 11) is 0. The topological polar surface area (TPSA) is 0 Å². The molecule has 0 N–H and O–H groups in total. The van der Waals surface area contributed by atoms with Crippen molar-refractivity contribution >= 4 is 0 Å². The highest BCUT2D eigenvalue weighted by atomic mass is 14.0. The Balaban J connectivity index is 1.97. The fourth-order valence-electron chi connectivity index (χ4n) is 2.13. The van der Waals surface area contributed by atoms with Crippen LogP contribution in [-0.4, -0.2) is 0 Å². The van der Waals surface area contributed by atoms with Crippen LogP contribution in [0.1, 0.15) is 24.0 Å². The van der Waals surface area contributed by atoms with Gasteiger partial charge in [-0.25, -0.2) is 0 Å². The summed E-state index contributed by atoms with van der Waals surface area (Å²) in [6.07, 6.45) is 9.58. The standard InChI is InChI=1S/C20H22/c1-3-4-5-6-7-8-18-11-15-20(16-12-18)19-13-9-17(2)10-14-19/h3,6-7,9-16H,1,4-5,8H2,2H3/b7-6-. The molecule has 0 heterocycles. The monoisotopic (exact) mass is 262 g/mol. The summed E-state index contributed by atoms with van der Waals surface area (Å²) in [5, 5.41) is 0. The van der Waals surface area contributed by atoms with E-state index in [2.05, 4.69) is 74.2 Å². The predicted octanol–water partition coefficient (Wildman–Crippen LogP) is 5.73. The van der Waals surface area contributed by atoms with E-state index < -0.39 is 0 Å². The third-order valence-corrected chi connectivity index (χ3v) is 3.40. The highest BCUT2D eigenvalue weighted by Crippen LogP contribution is 2.20.